The van der Waals surface area contributed by atoms with Gasteiger partial charge in [-0.15, -0.1) is 0 Å². The maximum absolute atomic E-state index is 4.59. The maximum Gasteiger partial charge on any atom is 0.0951 e. The Labute approximate surface area is 110 Å². The van der Waals surface area contributed by atoms with Crippen molar-refractivity contribution in [3.63, 3.8) is 0 Å². The molecule has 1 fully saturated rings. The minimum atomic E-state index is 0.314. The molecule has 1 saturated carbocycles. The number of nitrogens with one attached hydrogen (secondary N) is 1. The van der Waals surface area contributed by atoms with Crippen LogP contribution in [0.1, 0.15) is 50.9 Å². The molecule has 1 N–H and O–H groups in total. The first-order valence-corrected chi connectivity index (χ1v) is 7.40. The summed E-state index contributed by atoms with van der Waals surface area (Å²) in [6, 6.07) is 0.806. The lowest BCUT2D eigenvalue weighted by Gasteiger charge is -2.27. The summed E-state index contributed by atoms with van der Waals surface area (Å²) in [5.41, 5.74) is 3.17. The molecule has 1 heterocycles. The Balaban J connectivity index is 1.65. The van der Waals surface area contributed by atoms with E-state index in [1.165, 1.54) is 49.9 Å². The van der Waals surface area contributed by atoms with Crippen molar-refractivity contribution in [2.75, 3.05) is 6.54 Å². The Bertz CT molecular complexity index is 415. The van der Waals surface area contributed by atoms with Crippen molar-refractivity contribution in [1.82, 2.24) is 14.9 Å². The molecule has 0 bridgehead atoms. The van der Waals surface area contributed by atoms with Gasteiger partial charge in [-0.2, -0.15) is 0 Å². The first-order chi connectivity index (χ1) is 8.64. The van der Waals surface area contributed by atoms with Gasteiger partial charge < -0.3 is 9.88 Å². The highest BCUT2D eigenvalue weighted by molar-refractivity contribution is 5.16. The van der Waals surface area contributed by atoms with Crippen LogP contribution in [0.5, 0.6) is 0 Å². The van der Waals surface area contributed by atoms with Gasteiger partial charge in [0.25, 0.3) is 0 Å². The molecule has 1 aromatic heterocycles. The summed E-state index contributed by atoms with van der Waals surface area (Å²) in [5.74, 6) is 0. The fourth-order valence-electron chi connectivity index (χ4n) is 2.89. The van der Waals surface area contributed by atoms with Gasteiger partial charge >= 0.3 is 0 Å². The van der Waals surface area contributed by atoms with Crippen molar-refractivity contribution in [1.29, 1.82) is 0 Å². The molecule has 0 amide bonds. The van der Waals surface area contributed by atoms with Gasteiger partial charge in [0.15, 0.2) is 0 Å². The summed E-state index contributed by atoms with van der Waals surface area (Å²) in [4.78, 5) is 4.59. The number of hydrogen-bond acceptors (Lipinski definition) is 2. The molecule has 1 aromatic rings. The van der Waals surface area contributed by atoms with Gasteiger partial charge in [-0.25, -0.2) is 4.98 Å². The largest absolute Gasteiger partial charge is 0.334 e. The Hall–Kier alpha value is -0.830. The number of hydrogen-bond donors (Lipinski definition) is 1. The van der Waals surface area contributed by atoms with Gasteiger partial charge in [0.2, 0.25) is 0 Å². The second-order valence-electron chi connectivity index (χ2n) is 6.79. The van der Waals surface area contributed by atoms with E-state index in [0.29, 0.717) is 5.41 Å². The minimum Gasteiger partial charge on any atom is -0.334 e. The highest BCUT2D eigenvalue weighted by Crippen LogP contribution is 2.26. The molecule has 0 unspecified atom stereocenters. The number of aromatic nitrogens is 2. The van der Waals surface area contributed by atoms with Gasteiger partial charge in [0, 0.05) is 24.8 Å². The minimum absolute atomic E-state index is 0.314. The number of nitrogens with zero attached hydrogens (tertiary/aromatic N) is 2. The van der Waals surface area contributed by atoms with E-state index in [2.05, 4.69) is 35.0 Å². The van der Waals surface area contributed by atoms with E-state index in [0.717, 1.165) is 19.1 Å². The summed E-state index contributed by atoms with van der Waals surface area (Å²) in [6.07, 6.45) is 9.86. The van der Waals surface area contributed by atoms with Crippen LogP contribution in [0.25, 0.3) is 0 Å². The Kier molecular flexibility index (Phi) is 3.18. The van der Waals surface area contributed by atoms with E-state index in [1.807, 2.05) is 0 Å². The maximum atomic E-state index is 4.59. The third kappa shape index (κ3) is 2.77. The normalized spacial score (nSPS) is 19.9. The van der Waals surface area contributed by atoms with Gasteiger partial charge in [-0.1, -0.05) is 13.8 Å². The van der Waals surface area contributed by atoms with E-state index < -0.39 is 0 Å². The summed E-state index contributed by atoms with van der Waals surface area (Å²) < 4.78 is 2.41. The molecule has 0 saturated heterocycles. The van der Waals surface area contributed by atoms with Crippen LogP contribution in [0.3, 0.4) is 0 Å². The van der Waals surface area contributed by atoms with Crippen molar-refractivity contribution in [2.24, 2.45) is 5.41 Å². The molecule has 0 radical (unpaired) electrons. The molecular weight excluding hydrogens is 222 g/mol. The van der Waals surface area contributed by atoms with Crippen LogP contribution in [0, 0.1) is 5.41 Å². The fourth-order valence-corrected chi connectivity index (χ4v) is 2.89. The summed E-state index contributed by atoms with van der Waals surface area (Å²) in [6.45, 7) is 6.93. The average molecular weight is 247 g/mol. The van der Waals surface area contributed by atoms with Crippen LogP contribution in [0.4, 0.5) is 0 Å². The van der Waals surface area contributed by atoms with Crippen molar-refractivity contribution >= 4 is 0 Å². The lowest BCUT2D eigenvalue weighted by molar-refractivity contribution is 0.284. The van der Waals surface area contributed by atoms with E-state index in [4.69, 9.17) is 0 Å². The summed E-state index contributed by atoms with van der Waals surface area (Å²) >= 11 is 0. The van der Waals surface area contributed by atoms with E-state index in [1.54, 1.807) is 0 Å². The number of imidazole rings is 1. The highest BCUT2D eigenvalue weighted by atomic mass is 15.1. The Morgan fingerprint density at radius 3 is 2.89 bits per heavy atom. The molecule has 100 valence electrons. The van der Waals surface area contributed by atoms with Crippen LogP contribution in [-0.4, -0.2) is 22.1 Å². The lowest BCUT2D eigenvalue weighted by Crippen LogP contribution is -2.34. The molecule has 0 aromatic carbocycles. The van der Waals surface area contributed by atoms with E-state index in [-0.39, 0.29) is 0 Å². The Morgan fingerprint density at radius 2 is 2.11 bits per heavy atom. The van der Waals surface area contributed by atoms with Crippen LogP contribution in [0.2, 0.25) is 0 Å². The number of aryl methyl sites for hydroxylation is 1. The third-order valence-electron chi connectivity index (χ3n) is 4.15. The first-order valence-electron chi connectivity index (χ1n) is 7.40. The Morgan fingerprint density at radius 1 is 1.33 bits per heavy atom. The molecule has 18 heavy (non-hydrogen) atoms. The zero-order chi connectivity index (χ0) is 12.6. The second-order valence-corrected chi connectivity index (χ2v) is 6.79. The van der Waals surface area contributed by atoms with Crippen LogP contribution < -0.4 is 5.32 Å². The topological polar surface area (TPSA) is 29.9 Å². The van der Waals surface area contributed by atoms with Crippen LogP contribution in [-0.2, 0) is 19.4 Å². The van der Waals surface area contributed by atoms with Crippen molar-refractivity contribution in [2.45, 2.75) is 65.0 Å². The SMILES string of the molecule is CC(C)(CNC1CC1)Cn1cnc2c1CCCC2. The zero-order valence-corrected chi connectivity index (χ0v) is 11.7. The molecular formula is C15H25N3. The second kappa shape index (κ2) is 4.69. The van der Waals surface area contributed by atoms with Gasteiger partial charge in [-0.3, -0.25) is 0 Å². The molecule has 0 spiro atoms. The number of rotatable bonds is 5. The highest BCUT2D eigenvalue weighted by Gasteiger charge is 2.26. The quantitative estimate of drug-likeness (QED) is 0.866. The first kappa shape index (κ1) is 12.2. The van der Waals surface area contributed by atoms with Crippen LogP contribution >= 0.6 is 0 Å². The smallest absolute Gasteiger partial charge is 0.0951 e. The monoisotopic (exact) mass is 247 g/mol. The van der Waals surface area contributed by atoms with Crippen LogP contribution in [0.15, 0.2) is 6.33 Å². The summed E-state index contributed by atoms with van der Waals surface area (Å²) in [5, 5.41) is 3.66. The molecule has 3 heteroatoms. The fraction of sp³-hybridized carbons (Fsp3) is 0.800. The lowest BCUT2D eigenvalue weighted by atomic mass is 9.92. The van der Waals surface area contributed by atoms with E-state index in [9.17, 15) is 0 Å². The molecule has 2 aliphatic carbocycles. The number of fused-ring (bicyclic) bond motifs is 1. The zero-order valence-electron chi connectivity index (χ0n) is 11.7. The van der Waals surface area contributed by atoms with Crippen molar-refractivity contribution in [3.05, 3.63) is 17.7 Å². The third-order valence-corrected chi connectivity index (χ3v) is 4.15. The van der Waals surface area contributed by atoms with Gasteiger partial charge in [-0.05, 0) is 43.9 Å². The summed E-state index contributed by atoms with van der Waals surface area (Å²) in [7, 11) is 0. The molecule has 3 rings (SSSR count). The predicted molar refractivity (Wildman–Crippen MR) is 73.7 cm³/mol. The van der Waals surface area contributed by atoms with Crippen molar-refractivity contribution in [3.8, 4) is 0 Å². The molecule has 0 atom stereocenters. The van der Waals surface area contributed by atoms with E-state index >= 15 is 0 Å². The van der Waals surface area contributed by atoms with Gasteiger partial charge in [0.1, 0.15) is 0 Å². The average Bonchev–Trinajstić information content (AvgIpc) is 3.10. The standard InChI is InChI=1S/C15H25N3/c1-15(2,9-16-12-7-8-12)10-18-11-17-13-5-3-4-6-14(13)18/h11-12,16H,3-10H2,1-2H3. The van der Waals surface area contributed by atoms with Gasteiger partial charge in [0.05, 0.1) is 12.0 Å². The predicted octanol–water partition coefficient (Wildman–Crippen LogP) is 2.54. The van der Waals surface area contributed by atoms with Crippen molar-refractivity contribution < 1.29 is 0 Å². The molecule has 0 aliphatic heterocycles. The molecule has 2 aliphatic rings. The molecule has 3 nitrogen and oxygen atoms in total.